The van der Waals surface area contributed by atoms with E-state index in [0.29, 0.717) is 18.1 Å². The van der Waals surface area contributed by atoms with Gasteiger partial charge in [-0.15, -0.1) is 0 Å². The molecule has 2 unspecified atom stereocenters. The summed E-state index contributed by atoms with van der Waals surface area (Å²) in [6.45, 7) is 8.06. The number of nitrogens with zero attached hydrogens (tertiary/aromatic N) is 2. The number of aliphatic imine (C=N–C) groups is 1. The van der Waals surface area contributed by atoms with Crippen molar-refractivity contribution in [3.8, 4) is 0 Å². The van der Waals surface area contributed by atoms with Gasteiger partial charge in [-0.1, -0.05) is 19.3 Å². The molecule has 1 saturated carbocycles. The average Bonchev–Trinajstić information content (AvgIpc) is 3.28. The predicted octanol–water partition coefficient (Wildman–Crippen LogP) is 1.63. The average molecular weight is 397 g/mol. The van der Waals surface area contributed by atoms with Gasteiger partial charge in [-0.25, -0.2) is 0 Å². The molecule has 2 saturated heterocycles. The molecule has 7 heteroatoms. The third-order valence-corrected chi connectivity index (χ3v) is 6.25. The number of hydrogen-bond acceptors (Lipinski definition) is 5. The second-order valence-electron chi connectivity index (χ2n) is 8.20. The molecule has 0 aromatic carbocycles. The van der Waals surface area contributed by atoms with Gasteiger partial charge in [0.1, 0.15) is 0 Å². The quantitative estimate of drug-likeness (QED) is 0.351. The summed E-state index contributed by atoms with van der Waals surface area (Å²) in [5.41, 5.74) is 0. The standard InChI is InChI=1S/C21H40N4O3/c1-22-21(23-9-5-12-28-19-6-3-2-4-7-19)24-16-20(18-8-13-27-17-18)25-10-14-26-15-11-25/h18-20H,2-17H2,1H3,(H2,22,23,24). The van der Waals surface area contributed by atoms with Crippen molar-refractivity contribution >= 4 is 5.96 Å². The Morgan fingerprint density at radius 3 is 2.61 bits per heavy atom. The molecular weight excluding hydrogens is 356 g/mol. The number of hydrogen-bond donors (Lipinski definition) is 2. The van der Waals surface area contributed by atoms with Crippen molar-refractivity contribution in [3.63, 3.8) is 0 Å². The van der Waals surface area contributed by atoms with Gasteiger partial charge >= 0.3 is 0 Å². The molecule has 7 nitrogen and oxygen atoms in total. The smallest absolute Gasteiger partial charge is 0.191 e. The SMILES string of the molecule is CN=C(NCCCOC1CCCCC1)NCC(C1CCOC1)N1CCOCC1. The van der Waals surface area contributed by atoms with E-state index in [1.54, 1.807) is 0 Å². The third kappa shape index (κ3) is 7.17. The molecule has 0 aromatic rings. The third-order valence-electron chi connectivity index (χ3n) is 6.25. The number of nitrogens with one attached hydrogen (secondary N) is 2. The number of guanidine groups is 1. The van der Waals surface area contributed by atoms with Crippen LogP contribution in [-0.2, 0) is 14.2 Å². The lowest BCUT2D eigenvalue weighted by atomic mass is 9.97. The van der Waals surface area contributed by atoms with E-state index in [1.165, 1.54) is 32.1 Å². The highest BCUT2D eigenvalue weighted by atomic mass is 16.5. The van der Waals surface area contributed by atoms with Crippen LogP contribution in [-0.4, -0.2) is 89.3 Å². The van der Waals surface area contributed by atoms with Crippen LogP contribution in [0.15, 0.2) is 4.99 Å². The van der Waals surface area contributed by atoms with Crippen LogP contribution in [0.5, 0.6) is 0 Å². The molecule has 28 heavy (non-hydrogen) atoms. The van der Waals surface area contributed by atoms with Crippen LogP contribution < -0.4 is 10.6 Å². The topological polar surface area (TPSA) is 67.4 Å². The molecule has 3 rings (SSSR count). The molecule has 2 N–H and O–H groups in total. The van der Waals surface area contributed by atoms with Crippen LogP contribution in [0, 0.1) is 5.92 Å². The van der Waals surface area contributed by atoms with Crippen molar-refractivity contribution in [1.82, 2.24) is 15.5 Å². The zero-order chi connectivity index (χ0) is 19.4. The summed E-state index contributed by atoms with van der Waals surface area (Å²) in [6, 6.07) is 0.472. The van der Waals surface area contributed by atoms with E-state index in [4.69, 9.17) is 14.2 Å². The molecule has 0 amide bonds. The van der Waals surface area contributed by atoms with E-state index >= 15 is 0 Å². The first-order valence-electron chi connectivity index (χ1n) is 11.3. The molecule has 2 atom stereocenters. The normalized spacial score (nSPS) is 26.3. The molecular formula is C21H40N4O3. The Balaban J connectivity index is 1.35. The molecule has 3 fully saturated rings. The minimum absolute atomic E-state index is 0.472. The van der Waals surface area contributed by atoms with E-state index in [2.05, 4.69) is 20.5 Å². The summed E-state index contributed by atoms with van der Waals surface area (Å²) in [7, 11) is 1.84. The summed E-state index contributed by atoms with van der Waals surface area (Å²) >= 11 is 0. The molecule has 3 aliphatic rings. The molecule has 0 radical (unpaired) electrons. The van der Waals surface area contributed by atoms with Gasteiger partial charge in [0.2, 0.25) is 0 Å². The lowest BCUT2D eigenvalue weighted by Crippen LogP contribution is -2.53. The van der Waals surface area contributed by atoms with Gasteiger partial charge < -0.3 is 24.8 Å². The summed E-state index contributed by atoms with van der Waals surface area (Å²) in [5, 5.41) is 6.98. The van der Waals surface area contributed by atoms with Gasteiger partial charge in [0.25, 0.3) is 0 Å². The molecule has 1 aliphatic carbocycles. The maximum atomic E-state index is 6.01. The minimum atomic E-state index is 0.472. The lowest BCUT2D eigenvalue weighted by molar-refractivity contribution is 0.00246. The number of rotatable bonds is 9. The molecule has 0 spiro atoms. The first kappa shape index (κ1) is 21.8. The largest absolute Gasteiger partial charge is 0.381 e. The van der Waals surface area contributed by atoms with E-state index < -0.39 is 0 Å². The van der Waals surface area contributed by atoms with E-state index in [-0.39, 0.29) is 0 Å². The fourth-order valence-corrected chi connectivity index (χ4v) is 4.54. The highest BCUT2D eigenvalue weighted by molar-refractivity contribution is 5.79. The number of ether oxygens (including phenoxy) is 3. The van der Waals surface area contributed by atoms with Gasteiger partial charge in [-0.2, -0.15) is 0 Å². The Labute approximate surface area is 170 Å². The van der Waals surface area contributed by atoms with E-state index in [9.17, 15) is 0 Å². The lowest BCUT2D eigenvalue weighted by Gasteiger charge is -2.37. The van der Waals surface area contributed by atoms with Crippen LogP contribution in [0.4, 0.5) is 0 Å². The molecule has 0 aromatic heterocycles. The molecule has 162 valence electrons. The zero-order valence-electron chi connectivity index (χ0n) is 17.7. The summed E-state index contributed by atoms with van der Waals surface area (Å²) in [5.74, 6) is 1.47. The van der Waals surface area contributed by atoms with Crippen LogP contribution in [0.3, 0.4) is 0 Å². The van der Waals surface area contributed by atoms with Crippen molar-refractivity contribution in [2.45, 2.75) is 57.1 Å². The highest BCUT2D eigenvalue weighted by Crippen LogP contribution is 2.22. The van der Waals surface area contributed by atoms with Crippen molar-refractivity contribution in [1.29, 1.82) is 0 Å². The fraction of sp³-hybridized carbons (Fsp3) is 0.952. The summed E-state index contributed by atoms with van der Waals surface area (Å²) in [6.07, 6.45) is 9.17. The molecule has 2 heterocycles. The monoisotopic (exact) mass is 396 g/mol. The van der Waals surface area contributed by atoms with Gasteiger partial charge in [0.05, 0.1) is 25.9 Å². The molecule has 2 aliphatic heterocycles. The summed E-state index contributed by atoms with van der Waals surface area (Å²) < 4.78 is 17.2. The predicted molar refractivity (Wildman–Crippen MR) is 112 cm³/mol. The van der Waals surface area contributed by atoms with Crippen molar-refractivity contribution in [2.75, 3.05) is 66.3 Å². The summed E-state index contributed by atoms with van der Waals surface area (Å²) in [4.78, 5) is 6.96. The fourth-order valence-electron chi connectivity index (χ4n) is 4.54. The minimum Gasteiger partial charge on any atom is -0.381 e. The van der Waals surface area contributed by atoms with Crippen LogP contribution in [0.1, 0.15) is 44.9 Å². The van der Waals surface area contributed by atoms with Crippen LogP contribution >= 0.6 is 0 Å². The first-order chi connectivity index (χ1) is 13.9. The van der Waals surface area contributed by atoms with Gasteiger partial charge in [0.15, 0.2) is 5.96 Å². The Kier molecular flexibility index (Phi) is 9.83. The number of morpholine rings is 1. The van der Waals surface area contributed by atoms with E-state index in [1.807, 2.05) is 7.05 Å². The Morgan fingerprint density at radius 1 is 1.07 bits per heavy atom. The van der Waals surface area contributed by atoms with Crippen molar-refractivity contribution < 1.29 is 14.2 Å². The van der Waals surface area contributed by atoms with Crippen molar-refractivity contribution in [3.05, 3.63) is 0 Å². The first-order valence-corrected chi connectivity index (χ1v) is 11.3. The van der Waals surface area contributed by atoms with Gasteiger partial charge in [-0.3, -0.25) is 9.89 Å². The Bertz CT molecular complexity index is 445. The second kappa shape index (κ2) is 12.6. The van der Waals surface area contributed by atoms with Crippen LogP contribution in [0.2, 0.25) is 0 Å². The van der Waals surface area contributed by atoms with Gasteiger partial charge in [0, 0.05) is 58.4 Å². The second-order valence-corrected chi connectivity index (χ2v) is 8.20. The van der Waals surface area contributed by atoms with Crippen LogP contribution in [0.25, 0.3) is 0 Å². The maximum absolute atomic E-state index is 6.01. The highest BCUT2D eigenvalue weighted by Gasteiger charge is 2.31. The Hall–Kier alpha value is -0.890. The van der Waals surface area contributed by atoms with Crippen molar-refractivity contribution in [2.24, 2.45) is 10.9 Å². The van der Waals surface area contributed by atoms with E-state index in [0.717, 1.165) is 78.0 Å². The molecule has 0 bridgehead atoms. The maximum Gasteiger partial charge on any atom is 0.191 e. The Morgan fingerprint density at radius 2 is 1.89 bits per heavy atom. The zero-order valence-corrected chi connectivity index (χ0v) is 17.7. The van der Waals surface area contributed by atoms with Gasteiger partial charge in [-0.05, 0) is 25.7 Å².